The van der Waals surface area contributed by atoms with Crippen LogP contribution in [-0.2, 0) is 0 Å². The van der Waals surface area contributed by atoms with Gasteiger partial charge >= 0.3 is 0 Å². The van der Waals surface area contributed by atoms with Crippen LogP contribution in [0.2, 0.25) is 0 Å². The molecule has 0 aliphatic heterocycles. The second-order valence-corrected chi connectivity index (χ2v) is 3.94. The van der Waals surface area contributed by atoms with Crippen molar-refractivity contribution in [2.24, 2.45) is 0 Å². The maximum absolute atomic E-state index is 7.31. The Morgan fingerprint density at radius 2 is 1.72 bits per heavy atom. The summed E-state index contributed by atoms with van der Waals surface area (Å²) in [5.41, 5.74) is 2.78. The number of ether oxygens (including phenoxy) is 1. The number of hydrogen-bond acceptors (Lipinski definition) is 2. The maximum Gasteiger partial charge on any atom is 0.128 e. The van der Waals surface area contributed by atoms with Crippen molar-refractivity contribution in [1.82, 2.24) is 0 Å². The Bertz CT molecular complexity index is 546. The SMILES string of the molecule is C=C(COc1ccccc1C=N)c1ccccc1. The summed E-state index contributed by atoms with van der Waals surface area (Å²) in [4.78, 5) is 0. The van der Waals surface area contributed by atoms with Crippen LogP contribution in [0.4, 0.5) is 0 Å². The highest BCUT2D eigenvalue weighted by molar-refractivity contribution is 5.81. The van der Waals surface area contributed by atoms with Crippen molar-refractivity contribution in [3.63, 3.8) is 0 Å². The Kier molecular flexibility index (Phi) is 3.92. The number of rotatable bonds is 5. The molecule has 2 nitrogen and oxygen atoms in total. The first-order chi connectivity index (χ1) is 8.81. The monoisotopic (exact) mass is 237 g/mol. The van der Waals surface area contributed by atoms with Crippen LogP contribution < -0.4 is 4.74 Å². The second kappa shape index (κ2) is 5.82. The Morgan fingerprint density at radius 1 is 1.06 bits per heavy atom. The van der Waals surface area contributed by atoms with E-state index in [1.54, 1.807) is 0 Å². The molecular weight excluding hydrogens is 222 g/mol. The van der Waals surface area contributed by atoms with Gasteiger partial charge in [0.15, 0.2) is 0 Å². The van der Waals surface area contributed by atoms with Crippen LogP contribution in [0.5, 0.6) is 5.75 Å². The molecule has 0 aliphatic rings. The summed E-state index contributed by atoms with van der Waals surface area (Å²) in [5, 5.41) is 7.31. The molecule has 0 unspecified atom stereocenters. The molecule has 0 radical (unpaired) electrons. The van der Waals surface area contributed by atoms with Crippen LogP contribution in [0.1, 0.15) is 11.1 Å². The molecule has 2 rings (SSSR count). The molecule has 0 aromatic heterocycles. The average molecular weight is 237 g/mol. The largest absolute Gasteiger partial charge is 0.488 e. The Balaban J connectivity index is 2.04. The topological polar surface area (TPSA) is 33.1 Å². The molecule has 2 aromatic rings. The predicted molar refractivity (Wildman–Crippen MR) is 75.3 cm³/mol. The first-order valence-corrected chi connectivity index (χ1v) is 5.77. The highest BCUT2D eigenvalue weighted by Crippen LogP contribution is 2.18. The molecular formula is C16H15NO. The fourth-order valence-corrected chi connectivity index (χ4v) is 1.65. The van der Waals surface area contributed by atoms with E-state index >= 15 is 0 Å². The lowest BCUT2D eigenvalue weighted by atomic mass is 10.1. The Morgan fingerprint density at radius 3 is 2.44 bits per heavy atom. The van der Waals surface area contributed by atoms with Gasteiger partial charge in [-0.25, -0.2) is 0 Å². The lowest BCUT2D eigenvalue weighted by Crippen LogP contribution is -2.01. The van der Waals surface area contributed by atoms with Crippen molar-refractivity contribution in [2.45, 2.75) is 0 Å². The zero-order valence-electron chi connectivity index (χ0n) is 10.1. The van der Waals surface area contributed by atoms with Crippen LogP contribution in [0, 0.1) is 5.41 Å². The highest BCUT2D eigenvalue weighted by Gasteiger charge is 2.02. The lowest BCUT2D eigenvalue weighted by molar-refractivity contribution is 0.369. The maximum atomic E-state index is 7.31. The third-order valence-electron chi connectivity index (χ3n) is 2.66. The third-order valence-corrected chi connectivity index (χ3v) is 2.66. The van der Waals surface area contributed by atoms with E-state index in [2.05, 4.69) is 6.58 Å². The van der Waals surface area contributed by atoms with Gasteiger partial charge in [0.2, 0.25) is 0 Å². The van der Waals surface area contributed by atoms with Gasteiger partial charge in [-0.05, 0) is 23.3 Å². The Hall–Kier alpha value is -2.35. The molecule has 0 saturated heterocycles. The van der Waals surface area contributed by atoms with E-state index in [4.69, 9.17) is 10.1 Å². The van der Waals surface area contributed by atoms with Crippen molar-refractivity contribution >= 4 is 11.8 Å². The normalized spacial score (nSPS) is 9.78. The van der Waals surface area contributed by atoms with Crippen molar-refractivity contribution in [3.05, 3.63) is 72.3 Å². The average Bonchev–Trinajstić information content (AvgIpc) is 2.46. The summed E-state index contributed by atoms with van der Waals surface area (Å²) in [6.45, 7) is 4.44. The molecule has 18 heavy (non-hydrogen) atoms. The van der Waals surface area contributed by atoms with E-state index in [-0.39, 0.29) is 0 Å². The van der Waals surface area contributed by atoms with Gasteiger partial charge in [0.25, 0.3) is 0 Å². The molecule has 90 valence electrons. The van der Waals surface area contributed by atoms with Crippen molar-refractivity contribution in [1.29, 1.82) is 5.41 Å². The van der Waals surface area contributed by atoms with E-state index in [9.17, 15) is 0 Å². The van der Waals surface area contributed by atoms with Gasteiger partial charge in [0.1, 0.15) is 12.4 Å². The molecule has 0 atom stereocenters. The number of nitrogens with one attached hydrogen (secondary N) is 1. The van der Waals surface area contributed by atoms with Crippen LogP contribution >= 0.6 is 0 Å². The minimum absolute atomic E-state index is 0.425. The molecule has 0 fully saturated rings. The quantitative estimate of drug-likeness (QED) is 0.789. The van der Waals surface area contributed by atoms with E-state index in [1.807, 2.05) is 54.6 Å². The Labute approximate surface area is 107 Å². The molecule has 2 heteroatoms. The van der Waals surface area contributed by atoms with Gasteiger partial charge in [-0.3, -0.25) is 0 Å². The number of hydrogen-bond donors (Lipinski definition) is 1. The lowest BCUT2D eigenvalue weighted by Gasteiger charge is -2.10. The first-order valence-electron chi connectivity index (χ1n) is 5.77. The second-order valence-electron chi connectivity index (χ2n) is 3.94. The van der Waals surface area contributed by atoms with E-state index in [0.29, 0.717) is 12.4 Å². The zero-order chi connectivity index (χ0) is 12.8. The first kappa shape index (κ1) is 12.1. The minimum Gasteiger partial charge on any atom is -0.488 e. The van der Waals surface area contributed by atoms with Gasteiger partial charge in [-0.2, -0.15) is 0 Å². The van der Waals surface area contributed by atoms with Gasteiger partial charge in [-0.1, -0.05) is 49.0 Å². The highest BCUT2D eigenvalue weighted by atomic mass is 16.5. The van der Waals surface area contributed by atoms with Crippen LogP contribution in [0.15, 0.2) is 61.2 Å². The fraction of sp³-hybridized carbons (Fsp3) is 0.0625. The van der Waals surface area contributed by atoms with E-state index in [1.165, 1.54) is 6.21 Å². The fourth-order valence-electron chi connectivity index (χ4n) is 1.65. The van der Waals surface area contributed by atoms with Gasteiger partial charge in [0, 0.05) is 11.8 Å². The zero-order valence-corrected chi connectivity index (χ0v) is 10.1. The summed E-state index contributed by atoms with van der Waals surface area (Å²) < 4.78 is 5.69. The molecule has 0 bridgehead atoms. The van der Waals surface area contributed by atoms with E-state index in [0.717, 1.165) is 16.7 Å². The summed E-state index contributed by atoms with van der Waals surface area (Å²) >= 11 is 0. The molecule has 0 spiro atoms. The van der Waals surface area contributed by atoms with Crippen molar-refractivity contribution in [2.75, 3.05) is 6.61 Å². The van der Waals surface area contributed by atoms with Gasteiger partial charge < -0.3 is 10.1 Å². The third kappa shape index (κ3) is 2.86. The van der Waals surface area contributed by atoms with E-state index < -0.39 is 0 Å². The van der Waals surface area contributed by atoms with Crippen LogP contribution in [0.25, 0.3) is 5.57 Å². The molecule has 0 aliphatic carbocycles. The molecule has 0 heterocycles. The van der Waals surface area contributed by atoms with Gasteiger partial charge in [0.05, 0.1) is 0 Å². The van der Waals surface area contributed by atoms with Crippen LogP contribution in [-0.4, -0.2) is 12.8 Å². The molecule has 2 aromatic carbocycles. The van der Waals surface area contributed by atoms with Crippen molar-refractivity contribution < 1.29 is 4.74 Å². The number of benzene rings is 2. The summed E-state index contributed by atoms with van der Waals surface area (Å²) in [6, 6.07) is 17.4. The number of para-hydroxylation sites is 1. The summed E-state index contributed by atoms with van der Waals surface area (Å²) in [7, 11) is 0. The van der Waals surface area contributed by atoms with Crippen LogP contribution in [0.3, 0.4) is 0 Å². The molecule has 0 saturated carbocycles. The standard InChI is InChI=1S/C16H15NO/c1-13(14-7-3-2-4-8-14)12-18-16-10-6-5-9-15(16)11-17/h2-11,17H,1,12H2. The molecule has 1 N–H and O–H groups in total. The van der Waals surface area contributed by atoms with Gasteiger partial charge in [-0.15, -0.1) is 0 Å². The van der Waals surface area contributed by atoms with Crippen molar-refractivity contribution in [3.8, 4) is 5.75 Å². The smallest absolute Gasteiger partial charge is 0.128 e. The predicted octanol–water partition coefficient (Wildman–Crippen LogP) is 3.78. The summed E-state index contributed by atoms with van der Waals surface area (Å²) in [6.07, 6.45) is 1.29. The molecule has 0 amide bonds. The summed E-state index contributed by atoms with van der Waals surface area (Å²) in [5.74, 6) is 0.713. The minimum atomic E-state index is 0.425.